The smallest absolute Gasteiger partial charge is 0.445 e. The standard InChI is InChI=1S/C8H8BF3N3/c1-5-8-7(15(2)14-5)3-6(4-13-8)9(10,11)12/h3-4H,1-2H3/q-1. The summed E-state index contributed by atoms with van der Waals surface area (Å²) in [6, 6.07) is 1.09. The highest BCUT2D eigenvalue weighted by atomic mass is 19.4. The maximum absolute atomic E-state index is 12.4. The first-order valence-electron chi connectivity index (χ1n) is 4.39. The molecule has 0 aliphatic rings. The van der Waals surface area contributed by atoms with Crippen LogP contribution in [0.2, 0.25) is 0 Å². The van der Waals surface area contributed by atoms with Crippen molar-refractivity contribution in [3.05, 3.63) is 18.0 Å². The van der Waals surface area contributed by atoms with Crippen LogP contribution >= 0.6 is 0 Å². The van der Waals surface area contributed by atoms with Crippen molar-refractivity contribution in [2.45, 2.75) is 6.92 Å². The van der Waals surface area contributed by atoms with E-state index in [1.807, 2.05) is 0 Å². The van der Waals surface area contributed by atoms with E-state index in [2.05, 4.69) is 10.1 Å². The van der Waals surface area contributed by atoms with E-state index in [1.165, 1.54) is 4.68 Å². The molecule has 2 heterocycles. The highest BCUT2D eigenvalue weighted by Crippen LogP contribution is 2.16. The van der Waals surface area contributed by atoms with Crippen LogP contribution in [-0.4, -0.2) is 21.7 Å². The molecule has 2 rings (SSSR count). The predicted molar refractivity (Wildman–Crippen MR) is 52.0 cm³/mol. The minimum atomic E-state index is -4.99. The fourth-order valence-electron chi connectivity index (χ4n) is 1.50. The molecule has 0 spiro atoms. The molecule has 0 aromatic carbocycles. The van der Waals surface area contributed by atoms with Crippen molar-refractivity contribution in [3.8, 4) is 0 Å². The molecule has 0 saturated heterocycles. The van der Waals surface area contributed by atoms with Gasteiger partial charge in [0, 0.05) is 13.2 Å². The number of fused-ring (bicyclic) bond motifs is 1. The summed E-state index contributed by atoms with van der Waals surface area (Å²) in [5, 5.41) is 4.01. The van der Waals surface area contributed by atoms with Gasteiger partial charge >= 0.3 is 6.98 Å². The molecule has 0 atom stereocenters. The Balaban J connectivity index is 2.71. The lowest BCUT2D eigenvalue weighted by atomic mass is 9.81. The van der Waals surface area contributed by atoms with E-state index in [9.17, 15) is 12.9 Å². The van der Waals surface area contributed by atoms with Gasteiger partial charge in [-0.15, -0.1) is 0 Å². The molecule has 0 saturated carbocycles. The number of pyridine rings is 1. The van der Waals surface area contributed by atoms with Crippen molar-refractivity contribution in [2.75, 3.05) is 0 Å². The quantitative estimate of drug-likeness (QED) is 0.670. The number of rotatable bonds is 1. The van der Waals surface area contributed by atoms with Gasteiger partial charge in [-0.05, 0) is 6.92 Å². The Kier molecular flexibility index (Phi) is 1.99. The summed E-state index contributed by atoms with van der Waals surface area (Å²) in [7, 11) is 1.60. The molecular weight excluding hydrogens is 206 g/mol. The van der Waals surface area contributed by atoms with Gasteiger partial charge in [0.2, 0.25) is 0 Å². The zero-order valence-corrected chi connectivity index (χ0v) is 8.21. The van der Waals surface area contributed by atoms with E-state index in [1.54, 1.807) is 14.0 Å². The Labute approximate surface area is 84.0 Å². The lowest BCUT2D eigenvalue weighted by molar-refractivity contribution is 0.501. The molecule has 0 aliphatic heterocycles. The van der Waals surface area contributed by atoms with Crippen LogP contribution in [-0.2, 0) is 7.05 Å². The molecule has 7 heteroatoms. The van der Waals surface area contributed by atoms with Crippen LogP contribution in [0.5, 0.6) is 0 Å². The molecular formula is C8H8BF3N3-. The Morgan fingerprint density at radius 1 is 1.33 bits per heavy atom. The molecule has 0 unspecified atom stereocenters. The number of hydrogen-bond donors (Lipinski definition) is 0. The minimum absolute atomic E-state index is 0.407. The molecule has 80 valence electrons. The SMILES string of the molecule is Cc1nn(C)c2cc([B-](F)(F)F)cnc12. The van der Waals surface area contributed by atoms with E-state index >= 15 is 0 Å². The number of hydrogen-bond acceptors (Lipinski definition) is 2. The van der Waals surface area contributed by atoms with Gasteiger partial charge in [-0.1, -0.05) is 11.5 Å². The van der Waals surface area contributed by atoms with Crippen molar-refractivity contribution in [3.63, 3.8) is 0 Å². The van der Waals surface area contributed by atoms with Gasteiger partial charge in [0.05, 0.1) is 11.2 Å². The van der Waals surface area contributed by atoms with Crippen LogP contribution in [0, 0.1) is 6.92 Å². The minimum Gasteiger partial charge on any atom is -0.445 e. The molecule has 0 fully saturated rings. The van der Waals surface area contributed by atoms with Gasteiger partial charge in [-0.25, -0.2) is 0 Å². The molecule has 0 N–H and O–H groups in total. The topological polar surface area (TPSA) is 30.7 Å². The molecule has 0 aliphatic carbocycles. The van der Waals surface area contributed by atoms with E-state index in [-0.39, 0.29) is 0 Å². The molecule has 0 bridgehead atoms. The Hall–Kier alpha value is -1.53. The molecule has 3 nitrogen and oxygen atoms in total. The third-order valence-corrected chi connectivity index (χ3v) is 2.26. The van der Waals surface area contributed by atoms with Crippen LogP contribution in [0.15, 0.2) is 12.3 Å². The highest BCUT2D eigenvalue weighted by Gasteiger charge is 2.26. The highest BCUT2D eigenvalue weighted by molar-refractivity contribution is 6.73. The Bertz CT molecular complexity index is 518. The van der Waals surface area contributed by atoms with Gasteiger partial charge in [0.25, 0.3) is 0 Å². The summed E-state index contributed by atoms with van der Waals surface area (Å²) in [4.78, 5) is 3.78. The zero-order valence-electron chi connectivity index (χ0n) is 8.21. The normalized spacial score (nSPS) is 12.3. The van der Waals surface area contributed by atoms with E-state index < -0.39 is 12.4 Å². The summed E-state index contributed by atoms with van der Waals surface area (Å²) >= 11 is 0. The second kappa shape index (κ2) is 2.98. The van der Waals surface area contributed by atoms with E-state index in [0.29, 0.717) is 16.7 Å². The molecule has 2 aromatic rings. The maximum atomic E-state index is 12.4. The summed E-state index contributed by atoms with van der Waals surface area (Å²) in [6.07, 6.45) is 0.858. The number of aryl methyl sites for hydroxylation is 2. The van der Waals surface area contributed by atoms with E-state index in [0.717, 1.165) is 12.3 Å². The van der Waals surface area contributed by atoms with E-state index in [4.69, 9.17) is 0 Å². The number of halogens is 3. The molecule has 0 amide bonds. The van der Waals surface area contributed by atoms with Gasteiger partial charge in [0.15, 0.2) is 0 Å². The van der Waals surface area contributed by atoms with Crippen molar-refractivity contribution >= 4 is 23.5 Å². The summed E-state index contributed by atoms with van der Waals surface area (Å²) in [5.74, 6) is 0. The number of nitrogens with zero attached hydrogens (tertiary/aromatic N) is 3. The van der Waals surface area contributed by atoms with Gasteiger partial charge in [-0.3, -0.25) is 9.67 Å². The first-order chi connectivity index (χ1) is 6.89. The van der Waals surface area contributed by atoms with Crippen molar-refractivity contribution < 1.29 is 12.9 Å². The van der Waals surface area contributed by atoms with Crippen LogP contribution in [0.1, 0.15) is 5.69 Å². The zero-order chi connectivity index (χ0) is 11.2. The summed E-state index contributed by atoms with van der Waals surface area (Å²) < 4.78 is 38.7. The van der Waals surface area contributed by atoms with Crippen molar-refractivity contribution in [1.29, 1.82) is 0 Å². The second-order valence-corrected chi connectivity index (χ2v) is 3.42. The molecule has 2 aromatic heterocycles. The lowest BCUT2D eigenvalue weighted by Crippen LogP contribution is -2.34. The number of aromatic nitrogens is 3. The van der Waals surface area contributed by atoms with Gasteiger partial charge < -0.3 is 12.9 Å². The third-order valence-electron chi connectivity index (χ3n) is 2.26. The summed E-state index contributed by atoms with van der Waals surface area (Å²) in [5.41, 5.74) is 0.865. The Morgan fingerprint density at radius 2 is 2.00 bits per heavy atom. The molecule has 15 heavy (non-hydrogen) atoms. The van der Waals surface area contributed by atoms with Gasteiger partial charge in [-0.2, -0.15) is 5.10 Å². The first kappa shape index (κ1) is 10.0. The first-order valence-corrected chi connectivity index (χ1v) is 4.39. The largest absolute Gasteiger partial charge is 0.511 e. The average Bonchev–Trinajstić information content (AvgIpc) is 2.41. The van der Waals surface area contributed by atoms with Crippen LogP contribution in [0.4, 0.5) is 12.9 Å². The lowest BCUT2D eigenvalue weighted by Gasteiger charge is -2.13. The van der Waals surface area contributed by atoms with Crippen molar-refractivity contribution in [2.24, 2.45) is 7.05 Å². The van der Waals surface area contributed by atoms with Crippen LogP contribution < -0.4 is 5.46 Å². The predicted octanol–water partition coefficient (Wildman–Crippen LogP) is 1.33. The Morgan fingerprint density at radius 3 is 2.60 bits per heavy atom. The van der Waals surface area contributed by atoms with Crippen LogP contribution in [0.3, 0.4) is 0 Å². The second-order valence-electron chi connectivity index (χ2n) is 3.42. The van der Waals surface area contributed by atoms with Gasteiger partial charge in [0.1, 0.15) is 5.52 Å². The summed E-state index contributed by atoms with van der Waals surface area (Å²) in [6.45, 7) is -3.28. The molecule has 0 radical (unpaired) electrons. The fraction of sp³-hybridized carbons (Fsp3) is 0.250. The van der Waals surface area contributed by atoms with Crippen LogP contribution in [0.25, 0.3) is 11.0 Å². The van der Waals surface area contributed by atoms with Crippen molar-refractivity contribution in [1.82, 2.24) is 14.8 Å². The fourth-order valence-corrected chi connectivity index (χ4v) is 1.50. The average molecular weight is 214 g/mol. The maximum Gasteiger partial charge on any atom is 0.511 e. The monoisotopic (exact) mass is 214 g/mol. The third kappa shape index (κ3) is 1.58.